The number of benzene rings is 3. The molecule has 0 atom stereocenters. The van der Waals surface area contributed by atoms with E-state index in [0.717, 1.165) is 40.3 Å². The number of para-hydroxylation sites is 2. The van der Waals surface area contributed by atoms with E-state index in [-0.39, 0.29) is 12.5 Å². The van der Waals surface area contributed by atoms with E-state index in [9.17, 15) is 9.59 Å². The highest BCUT2D eigenvalue weighted by molar-refractivity contribution is 5.98. The van der Waals surface area contributed by atoms with E-state index in [4.69, 9.17) is 4.74 Å². The number of nitrogens with zero attached hydrogens (tertiary/aromatic N) is 2. The predicted octanol–water partition coefficient (Wildman–Crippen LogP) is 5.00. The van der Waals surface area contributed by atoms with E-state index >= 15 is 0 Å². The summed E-state index contributed by atoms with van der Waals surface area (Å²) in [6.45, 7) is 5.53. The van der Waals surface area contributed by atoms with E-state index in [2.05, 4.69) is 10.3 Å². The molecule has 0 saturated carbocycles. The Hall–Kier alpha value is -3.93. The SMILES string of the molecule is CCc1cccc(C)c1NC(=O)COC(=O)c1ccc2c(c1)nc(C)n2-c1ccccc1. The van der Waals surface area contributed by atoms with Crippen LogP contribution in [0.15, 0.2) is 66.7 Å². The summed E-state index contributed by atoms with van der Waals surface area (Å²) in [7, 11) is 0. The Morgan fingerprint density at radius 2 is 1.78 bits per heavy atom. The highest BCUT2D eigenvalue weighted by Crippen LogP contribution is 2.23. The molecule has 162 valence electrons. The summed E-state index contributed by atoms with van der Waals surface area (Å²) in [5, 5.41) is 2.86. The van der Waals surface area contributed by atoms with Crippen LogP contribution in [0.3, 0.4) is 0 Å². The van der Waals surface area contributed by atoms with Crippen LogP contribution in [-0.2, 0) is 16.0 Å². The number of nitrogens with one attached hydrogen (secondary N) is 1. The zero-order valence-electron chi connectivity index (χ0n) is 18.4. The molecule has 0 bridgehead atoms. The van der Waals surface area contributed by atoms with Crippen molar-refractivity contribution in [1.29, 1.82) is 0 Å². The molecule has 0 fully saturated rings. The van der Waals surface area contributed by atoms with Crippen LogP contribution in [-0.4, -0.2) is 28.0 Å². The summed E-state index contributed by atoms with van der Waals surface area (Å²) in [5.74, 6) is -0.108. The molecule has 4 aromatic rings. The van der Waals surface area contributed by atoms with Gasteiger partial charge in [-0.05, 0) is 61.7 Å². The highest BCUT2D eigenvalue weighted by Gasteiger charge is 2.15. The van der Waals surface area contributed by atoms with Gasteiger partial charge in [-0.1, -0.05) is 43.3 Å². The van der Waals surface area contributed by atoms with Gasteiger partial charge in [-0.15, -0.1) is 0 Å². The lowest BCUT2D eigenvalue weighted by atomic mass is 10.1. The number of hydrogen-bond donors (Lipinski definition) is 1. The van der Waals surface area contributed by atoms with Crippen LogP contribution in [0.2, 0.25) is 0 Å². The van der Waals surface area contributed by atoms with Gasteiger partial charge in [0.2, 0.25) is 0 Å². The Labute approximate surface area is 186 Å². The lowest BCUT2D eigenvalue weighted by Gasteiger charge is -2.13. The Bertz CT molecular complexity index is 1290. The number of carbonyl (C=O) groups is 2. The van der Waals surface area contributed by atoms with Crippen molar-refractivity contribution in [2.75, 3.05) is 11.9 Å². The number of anilines is 1. The highest BCUT2D eigenvalue weighted by atomic mass is 16.5. The van der Waals surface area contributed by atoms with Crippen LogP contribution < -0.4 is 5.32 Å². The largest absolute Gasteiger partial charge is 0.452 e. The van der Waals surface area contributed by atoms with Crippen molar-refractivity contribution in [3.05, 3.63) is 89.2 Å². The Morgan fingerprint density at radius 1 is 1.00 bits per heavy atom. The number of imidazole rings is 1. The second-order valence-corrected chi connectivity index (χ2v) is 7.62. The maximum Gasteiger partial charge on any atom is 0.338 e. The third-order valence-corrected chi connectivity index (χ3v) is 5.41. The van der Waals surface area contributed by atoms with Gasteiger partial charge in [0, 0.05) is 11.4 Å². The van der Waals surface area contributed by atoms with Gasteiger partial charge in [-0.25, -0.2) is 9.78 Å². The van der Waals surface area contributed by atoms with Crippen molar-refractivity contribution in [2.45, 2.75) is 27.2 Å². The minimum absolute atomic E-state index is 0.355. The Morgan fingerprint density at radius 3 is 2.53 bits per heavy atom. The van der Waals surface area contributed by atoms with Crippen LogP contribution in [0.1, 0.15) is 34.2 Å². The van der Waals surface area contributed by atoms with Crippen LogP contribution in [0, 0.1) is 13.8 Å². The predicted molar refractivity (Wildman–Crippen MR) is 125 cm³/mol. The number of hydrogen-bond acceptors (Lipinski definition) is 4. The van der Waals surface area contributed by atoms with E-state index in [0.29, 0.717) is 11.1 Å². The second kappa shape index (κ2) is 9.06. The van der Waals surface area contributed by atoms with Crippen molar-refractivity contribution < 1.29 is 14.3 Å². The van der Waals surface area contributed by atoms with Crippen LogP contribution in [0.5, 0.6) is 0 Å². The van der Waals surface area contributed by atoms with Gasteiger partial charge in [0.25, 0.3) is 5.91 Å². The molecule has 1 aromatic heterocycles. The molecule has 1 N–H and O–H groups in total. The fraction of sp³-hybridized carbons (Fsp3) is 0.192. The maximum absolute atomic E-state index is 12.6. The van der Waals surface area contributed by atoms with Crippen LogP contribution in [0.25, 0.3) is 16.7 Å². The van der Waals surface area contributed by atoms with Gasteiger partial charge in [0.05, 0.1) is 16.6 Å². The van der Waals surface area contributed by atoms with E-state index < -0.39 is 5.97 Å². The average molecular weight is 428 g/mol. The molecule has 32 heavy (non-hydrogen) atoms. The molecule has 0 saturated heterocycles. The Kier molecular flexibility index (Phi) is 6.03. The molecular weight excluding hydrogens is 402 g/mol. The summed E-state index contributed by atoms with van der Waals surface area (Å²) < 4.78 is 7.29. The van der Waals surface area contributed by atoms with Crippen molar-refractivity contribution >= 4 is 28.6 Å². The summed E-state index contributed by atoms with van der Waals surface area (Å²) >= 11 is 0. The van der Waals surface area contributed by atoms with Gasteiger partial charge >= 0.3 is 5.97 Å². The number of carbonyl (C=O) groups excluding carboxylic acids is 2. The fourth-order valence-corrected chi connectivity index (χ4v) is 3.82. The molecule has 6 heteroatoms. The zero-order chi connectivity index (χ0) is 22.7. The molecule has 6 nitrogen and oxygen atoms in total. The molecule has 0 spiro atoms. The third kappa shape index (κ3) is 4.25. The van der Waals surface area contributed by atoms with Crippen LogP contribution in [0.4, 0.5) is 5.69 Å². The first-order valence-corrected chi connectivity index (χ1v) is 10.6. The smallest absolute Gasteiger partial charge is 0.338 e. The Balaban J connectivity index is 1.47. The van der Waals surface area contributed by atoms with Crippen molar-refractivity contribution in [1.82, 2.24) is 9.55 Å². The lowest BCUT2D eigenvalue weighted by Crippen LogP contribution is -2.22. The molecule has 0 unspecified atom stereocenters. The zero-order valence-corrected chi connectivity index (χ0v) is 18.4. The quantitative estimate of drug-likeness (QED) is 0.440. The molecule has 0 radical (unpaired) electrons. The fourth-order valence-electron chi connectivity index (χ4n) is 3.82. The van der Waals surface area contributed by atoms with Gasteiger partial charge < -0.3 is 10.1 Å². The number of rotatable bonds is 6. The molecule has 0 aliphatic carbocycles. The van der Waals surface area contributed by atoms with Crippen molar-refractivity contribution in [2.24, 2.45) is 0 Å². The third-order valence-electron chi connectivity index (χ3n) is 5.41. The molecule has 1 amide bonds. The standard InChI is InChI=1S/C26H25N3O3/c1-4-19-10-8-9-17(2)25(19)28-24(30)16-32-26(31)20-13-14-23-22(15-20)27-18(3)29(23)21-11-6-5-7-12-21/h5-15H,4,16H2,1-3H3,(H,28,30). The maximum atomic E-state index is 12.6. The minimum Gasteiger partial charge on any atom is -0.452 e. The summed E-state index contributed by atoms with van der Waals surface area (Å²) in [6.07, 6.45) is 0.798. The van der Waals surface area contributed by atoms with E-state index in [1.54, 1.807) is 12.1 Å². The summed E-state index contributed by atoms with van der Waals surface area (Å²) in [5.41, 5.74) is 5.74. The average Bonchev–Trinajstić information content (AvgIpc) is 3.14. The number of esters is 1. The molecule has 3 aromatic carbocycles. The molecule has 0 aliphatic rings. The molecule has 4 rings (SSSR count). The number of amides is 1. The molecular formula is C26H25N3O3. The summed E-state index contributed by atoms with van der Waals surface area (Å²) in [4.78, 5) is 29.5. The molecule has 0 aliphatic heterocycles. The normalized spacial score (nSPS) is 10.8. The first-order valence-electron chi connectivity index (χ1n) is 10.6. The van der Waals surface area contributed by atoms with E-state index in [1.165, 1.54) is 0 Å². The first kappa shape index (κ1) is 21.3. The number of aromatic nitrogens is 2. The van der Waals surface area contributed by atoms with Gasteiger partial charge in [-0.3, -0.25) is 9.36 Å². The van der Waals surface area contributed by atoms with Crippen molar-refractivity contribution in [3.63, 3.8) is 0 Å². The minimum atomic E-state index is -0.561. The summed E-state index contributed by atoms with van der Waals surface area (Å²) in [6, 6.07) is 21.0. The van der Waals surface area contributed by atoms with Gasteiger partial charge in [0.1, 0.15) is 5.82 Å². The topological polar surface area (TPSA) is 73.2 Å². The number of aryl methyl sites for hydroxylation is 3. The second-order valence-electron chi connectivity index (χ2n) is 7.62. The number of ether oxygens (including phenoxy) is 1. The van der Waals surface area contributed by atoms with Gasteiger partial charge in [-0.2, -0.15) is 0 Å². The van der Waals surface area contributed by atoms with Crippen LogP contribution >= 0.6 is 0 Å². The lowest BCUT2D eigenvalue weighted by molar-refractivity contribution is -0.119. The first-order chi connectivity index (χ1) is 15.5. The van der Waals surface area contributed by atoms with E-state index in [1.807, 2.05) is 79.9 Å². The number of fused-ring (bicyclic) bond motifs is 1. The monoisotopic (exact) mass is 427 g/mol. The molecule has 1 heterocycles. The van der Waals surface area contributed by atoms with Gasteiger partial charge in [0.15, 0.2) is 6.61 Å². The van der Waals surface area contributed by atoms with Crippen molar-refractivity contribution in [3.8, 4) is 5.69 Å².